The Morgan fingerprint density at radius 3 is 2.57 bits per heavy atom. The molecule has 0 saturated carbocycles. The molecule has 0 radical (unpaired) electrons. The molecule has 1 unspecified atom stereocenters. The number of urea groups is 1. The first-order valence-corrected chi connectivity index (χ1v) is 10.4. The number of nitrogens with one attached hydrogen (secondary N) is 2. The van der Waals surface area contributed by atoms with Crippen LogP contribution in [0.15, 0.2) is 18.2 Å². The van der Waals surface area contributed by atoms with Gasteiger partial charge in [0.1, 0.15) is 11.3 Å². The summed E-state index contributed by atoms with van der Waals surface area (Å²) in [6, 6.07) is 5.10. The van der Waals surface area contributed by atoms with Gasteiger partial charge in [-0.3, -0.25) is 14.9 Å². The molecule has 2 heterocycles. The van der Waals surface area contributed by atoms with Crippen molar-refractivity contribution in [3.8, 4) is 5.75 Å². The molecule has 30 heavy (non-hydrogen) atoms. The van der Waals surface area contributed by atoms with E-state index in [1.165, 1.54) is 7.11 Å². The molecular weight excluding hydrogens is 410 g/mol. The molecular formula is C21H28ClN3O5. The topological polar surface area (TPSA) is 97.0 Å². The molecule has 2 aliphatic rings. The number of nitrogens with zero attached hydrogens (tertiary/aromatic N) is 1. The summed E-state index contributed by atoms with van der Waals surface area (Å²) in [5, 5.41) is 5.50. The Morgan fingerprint density at radius 1 is 1.30 bits per heavy atom. The zero-order valence-corrected chi connectivity index (χ0v) is 18.3. The molecule has 0 bridgehead atoms. The smallest absolute Gasteiger partial charge is 0.322 e. The summed E-state index contributed by atoms with van der Waals surface area (Å²) in [5.74, 6) is 0.135. The number of carbonyl (C=O) groups excluding carboxylic acids is 3. The monoisotopic (exact) mass is 437 g/mol. The summed E-state index contributed by atoms with van der Waals surface area (Å²) >= 11 is 6.06. The highest BCUT2D eigenvalue weighted by atomic mass is 35.5. The van der Waals surface area contributed by atoms with E-state index in [1.807, 2.05) is 23.1 Å². The van der Waals surface area contributed by atoms with E-state index in [9.17, 15) is 14.4 Å². The zero-order valence-electron chi connectivity index (χ0n) is 17.5. The summed E-state index contributed by atoms with van der Waals surface area (Å²) < 4.78 is 10.6. The summed E-state index contributed by atoms with van der Waals surface area (Å²) in [6.45, 7) is 3.04. The largest absolute Gasteiger partial charge is 0.496 e. The maximum absolute atomic E-state index is 13.0. The van der Waals surface area contributed by atoms with Crippen LogP contribution in [0.2, 0.25) is 5.02 Å². The van der Waals surface area contributed by atoms with Crippen LogP contribution in [0.25, 0.3) is 0 Å². The van der Waals surface area contributed by atoms with Crippen molar-refractivity contribution < 1.29 is 23.9 Å². The first-order valence-electron chi connectivity index (χ1n) is 10.0. The molecule has 164 valence electrons. The Kier molecular flexibility index (Phi) is 6.88. The van der Waals surface area contributed by atoms with Crippen molar-refractivity contribution in [2.24, 2.45) is 5.92 Å². The molecule has 2 aliphatic heterocycles. The van der Waals surface area contributed by atoms with Gasteiger partial charge in [-0.2, -0.15) is 0 Å². The molecule has 9 heteroatoms. The Bertz CT molecular complexity index is 825. The molecule has 2 fully saturated rings. The van der Waals surface area contributed by atoms with Crippen molar-refractivity contribution in [3.05, 3.63) is 28.8 Å². The number of ether oxygens (including phenoxy) is 2. The summed E-state index contributed by atoms with van der Waals surface area (Å²) in [4.78, 5) is 38.8. The number of halogens is 1. The number of piperidine rings is 1. The van der Waals surface area contributed by atoms with E-state index >= 15 is 0 Å². The van der Waals surface area contributed by atoms with Crippen molar-refractivity contribution in [1.82, 2.24) is 15.5 Å². The van der Waals surface area contributed by atoms with Crippen LogP contribution in [0.5, 0.6) is 5.75 Å². The van der Waals surface area contributed by atoms with Gasteiger partial charge in [0, 0.05) is 31.1 Å². The minimum Gasteiger partial charge on any atom is -0.496 e. The maximum Gasteiger partial charge on any atom is 0.322 e. The third-order valence-electron chi connectivity index (χ3n) is 5.92. The highest BCUT2D eigenvalue weighted by molar-refractivity contribution is 6.30. The number of carbonyl (C=O) groups is 3. The van der Waals surface area contributed by atoms with Crippen molar-refractivity contribution >= 4 is 29.4 Å². The van der Waals surface area contributed by atoms with Gasteiger partial charge in [0.05, 0.1) is 13.7 Å². The molecule has 4 amide bonds. The van der Waals surface area contributed by atoms with Gasteiger partial charge in [-0.05, 0) is 42.9 Å². The number of hydrogen-bond acceptors (Lipinski definition) is 5. The predicted molar refractivity (Wildman–Crippen MR) is 112 cm³/mol. The first kappa shape index (κ1) is 22.4. The van der Waals surface area contributed by atoms with Gasteiger partial charge in [0.25, 0.3) is 5.91 Å². The molecule has 3 rings (SSSR count). The fourth-order valence-corrected chi connectivity index (χ4v) is 4.60. The molecule has 1 aromatic rings. The fraction of sp³-hybridized carbons (Fsp3) is 0.571. The van der Waals surface area contributed by atoms with Gasteiger partial charge in [0.2, 0.25) is 5.91 Å². The van der Waals surface area contributed by atoms with Crippen LogP contribution in [-0.2, 0) is 14.3 Å². The van der Waals surface area contributed by atoms with Gasteiger partial charge in [-0.1, -0.05) is 24.6 Å². The van der Waals surface area contributed by atoms with Crippen LogP contribution in [0.1, 0.15) is 37.7 Å². The normalized spacial score (nSPS) is 23.1. The Labute approximate surface area is 181 Å². The Hall–Kier alpha value is -2.32. The standard InChI is InChI=1S/C21H28ClN3O5/c1-13(11-21(12-29-2)19(27)23-20(28)24-21)18(26)25-8-6-14(7-9-25)16-5-4-15(22)10-17(16)30-3/h4-5,10,13-14H,6-9,11-12H2,1-3H3,(H2,23,24,27,28)/t13?,21-/m0/s1. The minimum atomic E-state index is -1.21. The molecule has 8 nitrogen and oxygen atoms in total. The van der Waals surface area contributed by atoms with Crippen molar-refractivity contribution in [2.75, 3.05) is 33.9 Å². The number of amides is 4. The van der Waals surface area contributed by atoms with Crippen LogP contribution in [0, 0.1) is 5.92 Å². The quantitative estimate of drug-likeness (QED) is 0.638. The number of benzene rings is 1. The SMILES string of the molecule is COC[C@]1(CC(C)C(=O)N2CCC(c3ccc(Cl)cc3OC)CC2)NC(=O)NC1=O. The summed E-state index contributed by atoms with van der Waals surface area (Å²) in [6.07, 6.45) is 1.82. The molecule has 0 aliphatic carbocycles. The van der Waals surface area contributed by atoms with Crippen LogP contribution in [-0.4, -0.2) is 62.2 Å². The summed E-state index contributed by atoms with van der Waals surface area (Å²) in [7, 11) is 3.09. The van der Waals surface area contributed by atoms with Crippen LogP contribution < -0.4 is 15.4 Å². The van der Waals surface area contributed by atoms with Crippen LogP contribution in [0.4, 0.5) is 4.79 Å². The third kappa shape index (κ3) is 4.54. The van der Waals surface area contributed by atoms with E-state index < -0.39 is 23.4 Å². The molecule has 2 N–H and O–H groups in total. The van der Waals surface area contributed by atoms with Crippen LogP contribution >= 0.6 is 11.6 Å². The Balaban J connectivity index is 1.62. The van der Waals surface area contributed by atoms with E-state index in [0.29, 0.717) is 18.1 Å². The second-order valence-electron chi connectivity index (χ2n) is 8.01. The number of likely N-dealkylation sites (tertiary alicyclic amines) is 1. The lowest BCUT2D eigenvalue weighted by Gasteiger charge is -2.35. The van der Waals surface area contributed by atoms with Crippen molar-refractivity contribution in [2.45, 2.75) is 37.6 Å². The lowest BCUT2D eigenvalue weighted by Crippen LogP contribution is -2.53. The number of imide groups is 1. The lowest BCUT2D eigenvalue weighted by molar-refractivity contribution is -0.138. The average molecular weight is 438 g/mol. The molecule has 0 spiro atoms. The molecule has 0 aromatic heterocycles. The second-order valence-corrected chi connectivity index (χ2v) is 8.45. The van der Waals surface area contributed by atoms with E-state index in [-0.39, 0.29) is 24.9 Å². The number of methoxy groups -OCH3 is 2. The van der Waals surface area contributed by atoms with Gasteiger partial charge in [0.15, 0.2) is 0 Å². The maximum atomic E-state index is 13.0. The van der Waals surface area contributed by atoms with E-state index in [0.717, 1.165) is 24.2 Å². The highest BCUT2D eigenvalue weighted by Gasteiger charge is 2.48. The predicted octanol–water partition coefficient (Wildman–Crippen LogP) is 2.31. The highest BCUT2D eigenvalue weighted by Crippen LogP contribution is 2.36. The number of rotatable bonds is 7. The third-order valence-corrected chi connectivity index (χ3v) is 6.16. The van der Waals surface area contributed by atoms with Crippen molar-refractivity contribution in [3.63, 3.8) is 0 Å². The van der Waals surface area contributed by atoms with Crippen LogP contribution in [0.3, 0.4) is 0 Å². The molecule has 1 aromatic carbocycles. The molecule has 2 saturated heterocycles. The first-order chi connectivity index (χ1) is 14.3. The lowest BCUT2D eigenvalue weighted by atomic mass is 9.86. The van der Waals surface area contributed by atoms with Gasteiger partial charge >= 0.3 is 6.03 Å². The minimum absolute atomic E-state index is 0.0145. The van der Waals surface area contributed by atoms with Gasteiger partial charge < -0.3 is 19.7 Å². The fourth-order valence-electron chi connectivity index (χ4n) is 4.43. The van der Waals surface area contributed by atoms with Gasteiger partial charge in [-0.15, -0.1) is 0 Å². The average Bonchev–Trinajstić information content (AvgIpc) is 3.00. The molecule has 2 atom stereocenters. The zero-order chi connectivity index (χ0) is 21.9. The Morgan fingerprint density at radius 2 is 2.00 bits per heavy atom. The second kappa shape index (κ2) is 9.22. The number of hydrogen-bond donors (Lipinski definition) is 2. The van der Waals surface area contributed by atoms with E-state index in [4.69, 9.17) is 21.1 Å². The summed E-state index contributed by atoms with van der Waals surface area (Å²) in [5.41, 5.74) is -0.109. The van der Waals surface area contributed by atoms with E-state index in [2.05, 4.69) is 10.6 Å². The van der Waals surface area contributed by atoms with Crippen molar-refractivity contribution in [1.29, 1.82) is 0 Å². The van der Waals surface area contributed by atoms with Gasteiger partial charge in [-0.25, -0.2) is 4.79 Å². The van der Waals surface area contributed by atoms with E-state index in [1.54, 1.807) is 14.0 Å².